The van der Waals surface area contributed by atoms with Crippen molar-refractivity contribution >= 4 is 0 Å². The van der Waals surface area contributed by atoms with Gasteiger partial charge >= 0.3 is 21.1 Å². The molecule has 0 bridgehead atoms. The molecule has 0 unspecified atom stereocenters. The Balaban J connectivity index is -0.000000125. The van der Waals surface area contributed by atoms with Crippen molar-refractivity contribution in [3.05, 3.63) is 34.4 Å². The van der Waals surface area contributed by atoms with Crippen molar-refractivity contribution in [1.82, 2.24) is 5.32 Å². The summed E-state index contributed by atoms with van der Waals surface area (Å²) in [5.41, 5.74) is 0.274. The first-order valence-electron chi connectivity index (χ1n) is 4.01. The molecule has 0 spiro atoms. The summed E-state index contributed by atoms with van der Waals surface area (Å²) in [6, 6.07) is 0.694. The first-order chi connectivity index (χ1) is 4.58. The fraction of sp³-hybridized carbons (Fsp3) is 0.583. The van der Waals surface area contributed by atoms with Crippen LogP contribution >= 0.6 is 0 Å². The van der Waals surface area contributed by atoms with Crippen molar-refractivity contribution in [2.45, 2.75) is 45.2 Å². The fourth-order valence-corrected chi connectivity index (χ4v) is 1.35. The van der Waals surface area contributed by atoms with Gasteiger partial charge in [-0.2, -0.15) is 0 Å². The van der Waals surface area contributed by atoms with Gasteiger partial charge in [0.25, 0.3) is 0 Å². The van der Waals surface area contributed by atoms with Crippen LogP contribution in [-0.2, 0) is 21.1 Å². The van der Waals surface area contributed by atoms with Gasteiger partial charge in [0.05, 0.1) is 0 Å². The van der Waals surface area contributed by atoms with Gasteiger partial charge in [-0.3, -0.25) is 0 Å². The van der Waals surface area contributed by atoms with E-state index < -0.39 is 0 Å². The third-order valence-corrected chi connectivity index (χ3v) is 1.65. The summed E-state index contributed by atoms with van der Waals surface area (Å²) < 4.78 is 0. The van der Waals surface area contributed by atoms with Gasteiger partial charge < -0.3 is 27.6 Å². The molecule has 0 amide bonds. The summed E-state index contributed by atoms with van der Waals surface area (Å²) in [6.07, 6.45) is 6.92. The second kappa shape index (κ2) is 9.92. The third kappa shape index (κ3) is 10.5. The largest absolute Gasteiger partial charge is 4.00 e. The summed E-state index contributed by atoms with van der Waals surface area (Å²) in [4.78, 5) is 0. The molecule has 1 N–H and O–H groups in total. The first kappa shape index (κ1) is 23.9. The van der Waals surface area contributed by atoms with Crippen LogP contribution in [0.15, 0.2) is 12.2 Å². The SMILES string of the molecule is CC(C)(C)NC1CC=CC1.[CH3-].[CH3-].[CH3-].[Pt+4]. The van der Waals surface area contributed by atoms with Crippen LogP contribution in [0.2, 0.25) is 0 Å². The summed E-state index contributed by atoms with van der Waals surface area (Å²) in [7, 11) is 0. The number of hydrogen-bond acceptors (Lipinski definition) is 1. The Bertz CT molecular complexity index is 128. The molecule has 0 aromatic rings. The van der Waals surface area contributed by atoms with Crippen LogP contribution < -0.4 is 5.32 Å². The zero-order valence-corrected chi connectivity index (χ0v) is 12.7. The van der Waals surface area contributed by atoms with Gasteiger partial charge in [-0.15, -0.1) is 0 Å². The van der Waals surface area contributed by atoms with Crippen LogP contribution in [0.4, 0.5) is 0 Å². The maximum atomic E-state index is 3.56. The van der Waals surface area contributed by atoms with E-state index in [1.165, 1.54) is 12.8 Å². The smallest absolute Gasteiger partial charge is 0.358 e. The Hall–Kier alpha value is 0.388. The second-order valence-corrected chi connectivity index (χ2v) is 4.03. The summed E-state index contributed by atoms with van der Waals surface area (Å²) >= 11 is 0. The molecule has 1 aliphatic rings. The van der Waals surface area contributed by atoms with Gasteiger partial charge in [0.2, 0.25) is 0 Å². The first-order valence-corrected chi connectivity index (χ1v) is 4.01. The molecule has 0 heterocycles. The quantitative estimate of drug-likeness (QED) is 0.544. The van der Waals surface area contributed by atoms with Crippen molar-refractivity contribution in [3.8, 4) is 0 Å². The number of rotatable bonds is 1. The number of nitrogens with one attached hydrogen (secondary N) is 1. The summed E-state index contributed by atoms with van der Waals surface area (Å²) in [6.45, 7) is 6.64. The maximum absolute atomic E-state index is 3.56. The van der Waals surface area contributed by atoms with E-state index in [4.69, 9.17) is 0 Å². The predicted octanol–water partition coefficient (Wildman–Crippen LogP) is 3.44. The van der Waals surface area contributed by atoms with Crippen molar-refractivity contribution in [2.75, 3.05) is 0 Å². The zero-order chi connectivity index (χ0) is 7.61. The van der Waals surface area contributed by atoms with E-state index in [2.05, 4.69) is 38.2 Å². The normalized spacial score (nSPS) is 14.5. The molecular formula is C12H26NPt+. The molecule has 0 fully saturated rings. The average molecular weight is 379 g/mol. The third-order valence-electron chi connectivity index (χ3n) is 1.65. The van der Waals surface area contributed by atoms with E-state index in [-0.39, 0.29) is 48.9 Å². The van der Waals surface area contributed by atoms with Crippen LogP contribution in [0, 0.1) is 22.3 Å². The van der Waals surface area contributed by atoms with Gasteiger partial charge in [0.1, 0.15) is 0 Å². The monoisotopic (exact) mass is 379 g/mol. The van der Waals surface area contributed by atoms with Gasteiger partial charge in [-0.05, 0) is 33.6 Å². The molecule has 0 aliphatic heterocycles. The molecule has 0 aromatic carbocycles. The van der Waals surface area contributed by atoms with Crippen LogP contribution in [0.1, 0.15) is 33.6 Å². The van der Waals surface area contributed by atoms with Crippen LogP contribution in [0.5, 0.6) is 0 Å². The Morgan fingerprint density at radius 3 is 1.64 bits per heavy atom. The van der Waals surface area contributed by atoms with E-state index in [1.54, 1.807) is 0 Å². The van der Waals surface area contributed by atoms with Gasteiger partial charge in [-0.1, -0.05) is 12.2 Å². The molecule has 2 heteroatoms. The molecular weight excluding hydrogens is 353 g/mol. The van der Waals surface area contributed by atoms with Crippen molar-refractivity contribution in [2.24, 2.45) is 0 Å². The molecule has 0 saturated heterocycles. The summed E-state index contributed by atoms with van der Waals surface area (Å²) in [5, 5.41) is 3.56. The molecule has 0 saturated carbocycles. The minimum absolute atomic E-state index is 0. The van der Waals surface area contributed by atoms with E-state index >= 15 is 0 Å². The van der Waals surface area contributed by atoms with E-state index in [9.17, 15) is 0 Å². The van der Waals surface area contributed by atoms with Crippen LogP contribution in [-0.4, -0.2) is 11.6 Å². The van der Waals surface area contributed by atoms with E-state index in [1.807, 2.05) is 0 Å². The molecule has 1 nitrogen and oxygen atoms in total. The minimum Gasteiger partial charge on any atom is -0.358 e. The molecule has 1 rings (SSSR count). The second-order valence-electron chi connectivity index (χ2n) is 4.03. The number of hydrogen-bond donors (Lipinski definition) is 1. The van der Waals surface area contributed by atoms with E-state index in [0.29, 0.717) is 6.04 Å². The van der Waals surface area contributed by atoms with Crippen LogP contribution in [0.25, 0.3) is 0 Å². The van der Waals surface area contributed by atoms with Gasteiger partial charge in [0, 0.05) is 11.6 Å². The molecule has 0 atom stereocenters. The Morgan fingerprint density at radius 1 is 1.00 bits per heavy atom. The fourth-order valence-electron chi connectivity index (χ4n) is 1.35. The molecule has 0 radical (unpaired) electrons. The zero-order valence-electron chi connectivity index (χ0n) is 10.5. The molecule has 1 aliphatic carbocycles. The Labute approximate surface area is 106 Å². The topological polar surface area (TPSA) is 12.0 Å². The Kier molecular flexibility index (Phi) is 16.9. The summed E-state index contributed by atoms with van der Waals surface area (Å²) in [5.74, 6) is 0. The maximum Gasteiger partial charge on any atom is 4.00 e. The van der Waals surface area contributed by atoms with Gasteiger partial charge in [0.15, 0.2) is 0 Å². The van der Waals surface area contributed by atoms with Crippen molar-refractivity contribution < 1.29 is 21.1 Å². The van der Waals surface area contributed by atoms with Crippen LogP contribution in [0.3, 0.4) is 0 Å². The standard InChI is InChI=1S/C9H17N.3CH3.Pt/c1-9(2,3)10-8-6-4-5-7-8;;;;/h4-5,8,10H,6-7H2,1-3H3;3*1H3;/q;3*-1;+4. The minimum atomic E-state index is 0. The Morgan fingerprint density at radius 2 is 1.36 bits per heavy atom. The average Bonchev–Trinajstić information content (AvgIpc) is 2.12. The molecule has 88 valence electrons. The van der Waals surface area contributed by atoms with Crippen molar-refractivity contribution in [3.63, 3.8) is 0 Å². The van der Waals surface area contributed by atoms with Gasteiger partial charge in [-0.25, -0.2) is 0 Å². The van der Waals surface area contributed by atoms with Crippen molar-refractivity contribution in [1.29, 1.82) is 0 Å². The molecule has 14 heavy (non-hydrogen) atoms. The van der Waals surface area contributed by atoms with E-state index in [0.717, 1.165) is 0 Å². The predicted molar refractivity (Wildman–Crippen MR) is 64.3 cm³/mol. The molecule has 0 aromatic heterocycles.